The zero-order valence-corrected chi connectivity index (χ0v) is 11.5. The predicted molar refractivity (Wildman–Crippen MR) is 61.9 cm³/mol. The van der Waals surface area contributed by atoms with Crippen molar-refractivity contribution in [1.82, 2.24) is 4.90 Å². The summed E-state index contributed by atoms with van der Waals surface area (Å²) in [6, 6.07) is 0. The van der Waals surface area contributed by atoms with Crippen LogP contribution in [0.1, 0.15) is 13.3 Å². The van der Waals surface area contributed by atoms with Crippen LogP contribution in [-0.4, -0.2) is 53.4 Å². The van der Waals surface area contributed by atoms with Crippen LogP contribution in [0.15, 0.2) is 11.3 Å². The molecule has 0 radical (unpaired) electrons. The minimum atomic E-state index is -3.21. The molecular formula is C10H17NO5Si. The molecule has 7 heteroatoms. The van der Waals surface area contributed by atoms with Gasteiger partial charge >= 0.3 is 8.80 Å². The van der Waals surface area contributed by atoms with Crippen molar-refractivity contribution in [1.29, 1.82) is 0 Å². The summed E-state index contributed by atoms with van der Waals surface area (Å²) in [7, 11) is 0.998. The second-order valence-corrected chi connectivity index (χ2v) is 6.40. The number of amides is 2. The van der Waals surface area contributed by atoms with Gasteiger partial charge in [0.05, 0.1) is 5.20 Å². The van der Waals surface area contributed by atoms with E-state index in [1.54, 1.807) is 0 Å². The number of nitrogens with zero attached hydrogens (tertiary/aromatic N) is 1. The van der Waals surface area contributed by atoms with Gasteiger partial charge < -0.3 is 13.3 Å². The molecule has 0 unspecified atom stereocenters. The smallest absolute Gasteiger partial charge is 0.373 e. The maximum Gasteiger partial charge on any atom is 0.542 e. The van der Waals surface area contributed by atoms with Crippen molar-refractivity contribution in [2.45, 2.75) is 13.3 Å². The molecule has 0 aromatic carbocycles. The molecule has 0 aromatic heterocycles. The van der Waals surface area contributed by atoms with Gasteiger partial charge in [-0.3, -0.25) is 14.5 Å². The van der Waals surface area contributed by atoms with Crippen molar-refractivity contribution >= 4 is 20.6 Å². The lowest BCUT2D eigenvalue weighted by atomic mass is 10.4. The molecule has 1 aliphatic heterocycles. The summed E-state index contributed by atoms with van der Waals surface area (Å²) in [6.07, 6.45) is 1.96. The molecule has 17 heavy (non-hydrogen) atoms. The summed E-state index contributed by atoms with van der Waals surface area (Å²) in [5.74, 6) is -0.719. The number of hydrogen-bond donors (Lipinski definition) is 0. The number of carbonyl (C=O) groups excluding carboxylic acids is 2. The van der Waals surface area contributed by atoms with Crippen LogP contribution in [0.25, 0.3) is 0 Å². The Hall–Kier alpha value is -1.02. The minimum Gasteiger partial charge on any atom is -0.373 e. The maximum absolute atomic E-state index is 12.1. The number of imide groups is 1. The molecule has 1 heterocycles. The number of carbonyl (C=O) groups is 2. The Morgan fingerprint density at radius 2 is 1.71 bits per heavy atom. The third-order valence-electron chi connectivity index (χ3n) is 2.59. The van der Waals surface area contributed by atoms with Gasteiger partial charge in [0.2, 0.25) is 0 Å². The first-order valence-corrected chi connectivity index (χ1v) is 7.02. The fraction of sp³-hybridized carbons (Fsp3) is 0.600. The minimum absolute atomic E-state index is 0.198. The summed E-state index contributed by atoms with van der Waals surface area (Å²) in [6.45, 7) is 2.28. The summed E-state index contributed by atoms with van der Waals surface area (Å²) in [4.78, 5) is 24.9. The zero-order chi connectivity index (χ0) is 13.1. The Balaban J connectivity index is 3.04. The Kier molecular flexibility index (Phi) is 4.58. The number of rotatable bonds is 6. The fourth-order valence-electron chi connectivity index (χ4n) is 1.74. The standard InChI is InChI=1S/C10H17NO5Si/c1-5-6-11-9(12)7-8(10(11)13)17(14-2,15-3)16-4/h7H,5-6H2,1-4H3. The third-order valence-corrected chi connectivity index (χ3v) is 5.22. The normalized spacial score (nSPS) is 16.7. The molecule has 0 spiro atoms. The molecule has 6 nitrogen and oxygen atoms in total. The first kappa shape index (κ1) is 14.0. The molecule has 0 fully saturated rings. The SMILES string of the molecule is CCCN1C(=O)C=C([Si](OC)(OC)OC)C1=O. The van der Waals surface area contributed by atoms with E-state index in [9.17, 15) is 9.59 Å². The lowest BCUT2D eigenvalue weighted by Gasteiger charge is -2.25. The summed E-state index contributed by atoms with van der Waals surface area (Å²) in [5, 5.41) is 0.198. The molecule has 1 rings (SSSR count). The summed E-state index contributed by atoms with van der Waals surface area (Å²) in [5.41, 5.74) is 0. The van der Waals surface area contributed by atoms with E-state index < -0.39 is 8.80 Å². The van der Waals surface area contributed by atoms with Crippen LogP contribution in [0.5, 0.6) is 0 Å². The van der Waals surface area contributed by atoms with Crippen LogP contribution in [0.3, 0.4) is 0 Å². The first-order valence-electron chi connectivity index (χ1n) is 5.29. The lowest BCUT2D eigenvalue weighted by molar-refractivity contribution is -0.137. The van der Waals surface area contributed by atoms with E-state index in [2.05, 4.69) is 0 Å². The van der Waals surface area contributed by atoms with Gasteiger partial charge in [-0.25, -0.2) is 0 Å². The molecular weight excluding hydrogens is 242 g/mol. The summed E-state index contributed by atoms with van der Waals surface area (Å²) < 4.78 is 15.6. The monoisotopic (exact) mass is 259 g/mol. The van der Waals surface area contributed by atoms with E-state index in [-0.39, 0.29) is 17.0 Å². The average Bonchev–Trinajstić information content (AvgIpc) is 2.62. The summed E-state index contributed by atoms with van der Waals surface area (Å²) >= 11 is 0. The molecule has 0 N–H and O–H groups in total. The van der Waals surface area contributed by atoms with Gasteiger partial charge in [0, 0.05) is 34.0 Å². The molecule has 0 bridgehead atoms. The van der Waals surface area contributed by atoms with Crippen LogP contribution in [-0.2, 0) is 22.9 Å². The molecule has 0 saturated heterocycles. The Morgan fingerprint density at radius 1 is 1.18 bits per heavy atom. The quantitative estimate of drug-likeness (QED) is 0.500. The molecule has 2 amide bonds. The molecule has 0 saturated carbocycles. The van der Waals surface area contributed by atoms with E-state index in [4.69, 9.17) is 13.3 Å². The van der Waals surface area contributed by atoms with Gasteiger partial charge in [-0.1, -0.05) is 6.92 Å². The van der Waals surface area contributed by atoms with Gasteiger partial charge in [-0.05, 0) is 6.42 Å². The Morgan fingerprint density at radius 3 is 2.12 bits per heavy atom. The highest BCUT2D eigenvalue weighted by atomic mass is 28.4. The first-order chi connectivity index (χ1) is 8.06. The van der Waals surface area contributed by atoms with Crippen molar-refractivity contribution in [3.8, 4) is 0 Å². The highest BCUT2D eigenvalue weighted by Gasteiger charge is 2.51. The molecule has 96 valence electrons. The molecule has 0 aliphatic carbocycles. The zero-order valence-electron chi connectivity index (χ0n) is 10.5. The Labute approximate surface area is 102 Å². The Bertz CT molecular complexity index is 342. The second-order valence-electron chi connectivity index (χ2n) is 3.52. The van der Waals surface area contributed by atoms with E-state index in [1.165, 1.54) is 32.3 Å². The van der Waals surface area contributed by atoms with Gasteiger partial charge in [0.15, 0.2) is 0 Å². The van der Waals surface area contributed by atoms with Gasteiger partial charge in [-0.2, -0.15) is 0 Å². The molecule has 1 aliphatic rings. The maximum atomic E-state index is 12.1. The van der Waals surface area contributed by atoms with Crippen molar-refractivity contribution in [3.63, 3.8) is 0 Å². The van der Waals surface area contributed by atoms with Crippen LogP contribution < -0.4 is 0 Å². The van der Waals surface area contributed by atoms with Crippen molar-refractivity contribution < 1.29 is 22.9 Å². The van der Waals surface area contributed by atoms with Crippen molar-refractivity contribution in [3.05, 3.63) is 11.3 Å². The van der Waals surface area contributed by atoms with Crippen LogP contribution in [0, 0.1) is 0 Å². The van der Waals surface area contributed by atoms with Crippen LogP contribution in [0.2, 0.25) is 0 Å². The number of hydrogen-bond acceptors (Lipinski definition) is 5. The third kappa shape index (κ3) is 2.32. The van der Waals surface area contributed by atoms with E-state index >= 15 is 0 Å². The topological polar surface area (TPSA) is 65.1 Å². The molecule has 0 atom stereocenters. The van der Waals surface area contributed by atoms with Gasteiger partial charge in [0.25, 0.3) is 11.8 Å². The van der Waals surface area contributed by atoms with E-state index in [0.29, 0.717) is 13.0 Å². The lowest BCUT2D eigenvalue weighted by Crippen LogP contribution is -2.49. The van der Waals surface area contributed by atoms with Gasteiger partial charge in [-0.15, -0.1) is 0 Å². The highest BCUT2D eigenvalue weighted by Crippen LogP contribution is 2.25. The van der Waals surface area contributed by atoms with Crippen LogP contribution >= 0.6 is 0 Å². The second kappa shape index (κ2) is 5.54. The average molecular weight is 259 g/mol. The highest BCUT2D eigenvalue weighted by molar-refractivity contribution is 6.75. The van der Waals surface area contributed by atoms with Crippen LogP contribution in [0.4, 0.5) is 0 Å². The van der Waals surface area contributed by atoms with Crippen molar-refractivity contribution in [2.24, 2.45) is 0 Å². The van der Waals surface area contributed by atoms with Crippen molar-refractivity contribution in [2.75, 3.05) is 27.9 Å². The van der Waals surface area contributed by atoms with Gasteiger partial charge in [0.1, 0.15) is 0 Å². The fourth-order valence-corrected chi connectivity index (χ4v) is 3.60. The van der Waals surface area contributed by atoms with E-state index in [1.807, 2.05) is 6.92 Å². The largest absolute Gasteiger partial charge is 0.542 e. The molecule has 0 aromatic rings. The predicted octanol–water partition coefficient (Wildman–Crippen LogP) is 0.109. The van der Waals surface area contributed by atoms with E-state index in [0.717, 1.165) is 0 Å².